The number of aryl methyl sites for hydroxylation is 1. The van der Waals surface area contributed by atoms with Crippen LogP contribution in [-0.2, 0) is 9.53 Å². The zero-order valence-corrected chi connectivity index (χ0v) is 11.8. The molecule has 0 spiro atoms. The van der Waals surface area contributed by atoms with Gasteiger partial charge in [-0.05, 0) is 26.0 Å². The summed E-state index contributed by atoms with van der Waals surface area (Å²) in [5, 5.41) is 9.17. The Balaban J connectivity index is 2.20. The van der Waals surface area contributed by atoms with Crippen molar-refractivity contribution in [2.75, 3.05) is 19.8 Å². The van der Waals surface area contributed by atoms with Gasteiger partial charge in [-0.1, -0.05) is 0 Å². The van der Waals surface area contributed by atoms with E-state index < -0.39 is 11.9 Å². The van der Waals surface area contributed by atoms with Crippen LogP contribution in [-0.4, -0.2) is 47.7 Å². The van der Waals surface area contributed by atoms with E-state index in [9.17, 15) is 9.59 Å². The van der Waals surface area contributed by atoms with Gasteiger partial charge >= 0.3 is 5.97 Å². The SMILES string of the molecule is CCN(C(=O)c1ccc(C)s1)C1COCC1C(=O)O. The number of aliphatic carboxylic acids is 1. The molecule has 2 rings (SSSR count). The molecule has 19 heavy (non-hydrogen) atoms. The summed E-state index contributed by atoms with van der Waals surface area (Å²) in [6.45, 7) is 4.74. The van der Waals surface area contributed by atoms with E-state index in [0.29, 0.717) is 18.0 Å². The average Bonchev–Trinajstić information content (AvgIpc) is 2.98. The van der Waals surface area contributed by atoms with Crippen molar-refractivity contribution in [1.82, 2.24) is 4.90 Å². The maximum absolute atomic E-state index is 12.4. The highest BCUT2D eigenvalue weighted by Gasteiger charge is 2.39. The van der Waals surface area contributed by atoms with Crippen LogP contribution in [0.25, 0.3) is 0 Å². The number of amides is 1. The molecule has 0 radical (unpaired) electrons. The minimum Gasteiger partial charge on any atom is -0.481 e. The summed E-state index contributed by atoms with van der Waals surface area (Å²) in [7, 11) is 0. The number of carboxylic acid groups (broad SMARTS) is 1. The monoisotopic (exact) mass is 283 g/mol. The molecule has 2 unspecified atom stereocenters. The predicted octanol–water partition coefficient (Wildman–Crippen LogP) is 1.62. The van der Waals surface area contributed by atoms with E-state index in [1.807, 2.05) is 19.9 Å². The Labute approximate surface area is 115 Å². The first-order chi connectivity index (χ1) is 9.04. The second-order valence-corrected chi connectivity index (χ2v) is 5.84. The van der Waals surface area contributed by atoms with Gasteiger partial charge in [0, 0.05) is 11.4 Å². The minimum absolute atomic E-state index is 0.109. The van der Waals surface area contributed by atoms with E-state index in [4.69, 9.17) is 9.84 Å². The molecule has 1 aliphatic rings. The molecular formula is C13H17NO4S. The molecule has 5 nitrogen and oxygen atoms in total. The summed E-state index contributed by atoms with van der Waals surface area (Å²) in [4.78, 5) is 26.9. The molecule has 1 fully saturated rings. The number of likely N-dealkylation sites (N-methyl/N-ethyl adjacent to an activating group) is 1. The van der Waals surface area contributed by atoms with E-state index in [1.54, 1.807) is 11.0 Å². The fourth-order valence-electron chi connectivity index (χ4n) is 2.31. The quantitative estimate of drug-likeness (QED) is 0.912. The molecule has 0 saturated carbocycles. The molecule has 0 bridgehead atoms. The largest absolute Gasteiger partial charge is 0.481 e. The van der Waals surface area contributed by atoms with Crippen LogP contribution in [0.15, 0.2) is 12.1 Å². The fraction of sp³-hybridized carbons (Fsp3) is 0.538. The molecule has 2 atom stereocenters. The Morgan fingerprint density at radius 1 is 1.47 bits per heavy atom. The van der Waals surface area contributed by atoms with E-state index in [1.165, 1.54) is 11.3 Å². The first-order valence-electron chi connectivity index (χ1n) is 6.22. The van der Waals surface area contributed by atoms with Crippen molar-refractivity contribution in [2.45, 2.75) is 19.9 Å². The van der Waals surface area contributed by atoms with Crippen molar-refractivity contribution < 1.29 is 19.4 Å². The lowest BCUT2D eigenvalue weighted by molar-refractivity contribution is -0.142. The Kier molecular flexibility index (Phi) is 4.21. The van der Waals surface area contributed by atoms with Crippen molar-refractivity contribution in [3.8, 4) is 0 Å². The van der Waals surface area contributed by atoms with E-state index >= 15 is 0 Å². The number of rotatable bonds is 4. The van der Waals surface area contributed by atoms with Crippen molar-refractivity contribution in [3.05, 3.63) is 21.9 Å². The van der Waals surface area contributed by atoms with Crippen molar-refractivity contribution in [1.29, 1.82) is 0 Å². The molecule has 0 aliphatic carbocycles. The predicted molar refractivity (Wildman–Crippen MR) is 71.5 cm³/mol. The molecular weight excluding hydrogens is 266 g/mol. The van der Waals surface area contributed by atoms with Crippen LogP contribution >= 0.6 is 11.3 Å². The third-order valence-corrected chi connectivity index (χ3v) is 4.31. The fourth-order valence-corrected chi connectivity index (χ4v) is 3.13. The topological polar surface area (TPSA) is 66.8 Å². The van der Waals surface area contributed by atoms with E-state index in [0.717, 1.165) is 4.88 Å². The highest BCUT2D eigenvalue weighted by Crippen LogP contribution is 2.24. The van der Waals surface area contributed by atoms with Crippen LogP contribution in [0.2, 0.25) is 0 Å². The summed E-state index contributed by atoms with van der Waals surface area (Å²) in [6.07, 6.45) is 0. The van der Waals surface area contributed by atoms with Gasteiger partial charge in [0.05, 0.1) is 24.1 Å². The van der Waals surface area contributed by atoms with Crippen molar-refractivity contribution in [2.24, 2.45) is 5.92 Å². The van der Waals surface area contributed by atoms with Gasteiger partial charge in [0.1, 0.15) is 5.92 Å². The number of hydrogen-bond donors (Lipinski definition) is 1. The zero-order valence-electron chi connectivity index (χ0n) is 11.0. The van der Waals surface area contributed by atoms with E-state index in [-0.39, 0.29) is 18.6 Å². The van der Waals surface area contributed by atoms with Crippen LogP contribution in [0.3, 0.4) is 0 Å². The number of carbonyl (C=O) groups is 2. The van der Waals surface area contributed by atoms with Crippen molar-refractivity contribution in [3.63, 3.8) is 0 Å². The second kappa shape index (κ2) is 5.71. The van der Waals surface area contributed by atoms with Gasteiger partial charge in [0.15, 0.2) is 0 Å². The molecule has 104 valence electrons. The summed E-state index contributed by atoms with van der Waals surface area (Å²) < 4.78 is 5.23. The minimum atomic E-state index is -0.906. The van der Waals surface area contributed by atoms with Gasteiger partial charge in [-0.25, -0.2) is 0 Å². The maximum Gasteiger partial charge on any atom is 0.311 e. The molecule has 1 aromatic rings. The summed E-state index contributed by atoms with van der Waals surface area (Å²) >= 11 is 1.43. The number of hydrogen-bond acceptors (Lipinski definition) is 4. The zero-order chi connectivity index (χ0) is 14.0. The second-order valence-electron chi connectivity index (χ2n) is 4.55. The third kappa shape index (κ3) is 2.79. The smallest absolute Gasteiger partial charge is 0.311 e. The molecule has 1 N–H and O–H groups in total. The highest BCUT2D eigenvalue weighted by molar-refractivity contribution is 7.13. The van der Waals surface area contributed by atoms with Gasteiger partial charge < -0.3 is 14.7 Å². The highest BCUT2D eigenvalue weighted by atomic mass is 32.1. The molecule has 1 saturated heterocycles. The van der Waals surface area contributed by atoms with Gasteiger partial charge in [0.2, 0.25) is 0 Å². The summed E-state index contributed by atoms with van der Waals surface area (Å²) in [5.74, 6) is -1.65. The molecule has 1 aromatic heterocycles. The number of thiophene rings is 1. The van der Waals surface area contributed by atoms with Crippen molar-refractivity contribution >= 4 is 23.2 Å². The Bertz CT molecular complexity index is 485. The lowest BCUT2D eigenvalue weighted by atomic mass is 10.0. The molecule has 0 aromatic carbocycles. The summed E-state index contributed by atoms with van der Waals surface area (Å²) in [5.41, 5.74) is 0. The van der Waals surface area contributed by atoms with Crippen LogP contribution in [0.5, 0.6) is 0 Å². The van der Waals surface area contributed by atoms with Crippen LogP contribution in [0.1, 0.15) is 21.5 Å². The van der Waals surface area contributed by atoms with Crippen LogP contribution < -0.4 is 0 Å². The maximum atomic E-state index is 12.4. The summed E-state index contributed by atoms with van der Waals surface area (Å²) in [6, 6.07) is 3.31. The molecule has 6 heteroatoms. The Morgan fingerprint density at radius 3 is 2.74 bits per heavy atom. The lowest BCUT2D eigenvalue weighted by Crippen LogP contribution is -2.46. The first-order valence-corrected chi connectivity index (χ1v) is 7.04. The van der Waals surface area contributed by atoms with Gasteiger partial charge in [-0.15, -0.1) is 11.3 Å². The Hall–Kier alpha value is -1.40. The Morgan fingerprint density at radius 2 is 2.21 bits per heavy atom. The lowest BCUT2D eigenvalue weighted by Gasteiger charge is -2.28. The van der Waals surface area contributed by atoms with E-state index in [2.05, 4.69) is 0 Å². The standard InChI is InChI=1S/C13H17NO4S/c1-3-14(10-7-18-6-9(10)13(16)17)12(15)11-5-4-8(2)19-11/h4-5,9-10H,3,6-7H2,1-2H3,(H,16,17). The van der Waals surface area contributed by atoms with Crippen LogP contribution in [0.4, 0.5) is 0 Å². The number of ether oxygens (including phenoxy) is 1. The molecule has 1 aliphatic heterocycles. The molecule has 1 amide bonds. The van der Waals surface area contributed by atoms with Gasteiger partial charge in [0.25, 0.3) is 5.91 Å². The number of carbonyl (C=O) groups excluding carboxylic acids is 1. The van der Waals surface area contributed by atoms with Gasteiger partial charge in [-0.2, -0.15) is 0 Å². The van der Waals surface area contributed by atoms with Gasteiger partial charge in [-0.3, -0.25) is 9.59 Å². The molecule has 2 heterocycles. The third-order valence-electron chi connectivity index (χ3n) is 3.32. The number of carboxylic acids is 1. The first kappa shape index (κ1) is 14.0. The number of nitrogens with zero attached hydrogens (tertiary/aromatic N) is 1. The normalized spacial score (nSPS) is 22.4. The average molecular weight is 283 g/mol. The van der Waals surface area contributed by atoms with Crippen LogP contribution in [0, 0.1) is 12.8 Å².